The number of hydrogen-bond donors (Lipinski definition) is 1. The fourth-order valence-corrected chi connectivity index (χ4v) is 3.44. The Balaban J connectivity index is 1.78. The van der Waals surface area contributed by atoms with Crippen LogP contribution in [0.4, 0.5) is 15.8 Å². The molecule has 4 nitrogen and oxygen atoms in total. The Morgan fingerprint density at radius 1 is 0.800 bits per heavy atom. The van der Waals surface area contributed by atoms with Gasteiger partial charge < -0.3 is 5.32 Å². The van der Waals surface area contributed by atoms with Gasteiger partial charge in [0.25, 0.3) is 11.8 Å². The number of carbonyl (C=O) groups is 2. The molecule has 30 heavy (non-hydrogen) atoms. The number of nitrogens with one attached hydrogen (secondary N) is 1. The van der Waals surface area contributed by atoms with Crippen LogP contribution in [-0.4, -0.2) is 11.8 Å². The van der Waals surface area contributed by atoms with Gasteiger partial charge in [0.2, 0.25) is 0 Å². The van der Waals surface area contributed by atoms with E-state index in [1.807, 2.05) is 42.5 Å². The molecule has 0 atom stereocenters. The summed E-state index contributed by atoms with van der Waals surface area (Å²) in [6, 6.07) is 22.1. The number of hydrogen-bond acceptors (Lipinski definition) is 3. The number of halogens is 1. The highest BCUT2D eigenvalue weighted by atomic mass is 19.1. The normalized spacial score (nSPS) is 14.1. The lowest BCUT2D eigenvalue weighted by molar-refractivity contribution is -0.120. The number of benzene rings is 3. The van der Waals surface area contributed by atoms with E-state index in [1.165, 1.54) is 24.3 Å². The summed E-state index contributed by atoms with van der Waals surface area (Å²) in [7, 11) is 0. The molecular formula is C25H21FN2O2. The minimum absolute atomic E-state index is 0.172. The van der Waals surface area contributed by atoms with E-state index >= 15 is 0 Å². The molecule has 2 amide bonds. The average Bonchev–Trinajstić information content (AvgIpc) is 2.99. The molecule has 0 aliphatic carbocycles. The van der Waals surface area contributed by atoms with Crippen molar-refractivity contribution in [3.63, 3.8) is 0 Å². The number of imide groups is 1. The highest BCUT2D eigenvalue weighted by Crippen LogP contribution is 2.34. The van der Waals surface area contributed by atoms with E-state index in [2.05, 4.69) is 19.2 Å². The van der Waals surface area contributed by atoms with E-state index in [0.29, 0.717) is 22.9 Å². The monoisotopic (exact) mass is 400 g/mol. The zero-order valence-electron chi connectivity index (χ0n) is 16.7. The van der Waals surface area contributed by atoms with Crippen LogP contribution in [0.1, 0.15) is 30.9 Å². The molecule has 1 aliphatic rings. The summed E-state index contributed by atoms with van der Waals surface area (Å²) in [5.74, 6) is -0.954. The summed E-state index contributed by atoms with van der Waals surface area (Å²) in [4.78, 5) is 27.8. The smallest absolute Gasteiger partial charge is 0.282 e. The van der Waals surface area contributed by atoms with Gasteiger partial charge >= 0.3 is 0 Å². The van der Waals surface area contributed by atoms with Crippen molar-refractivity contribution in [2.24, 2.45) is 0 Å². The average molecular weight is 400 g/mol. The highest BCUT2D eigenvalue weighted by molar-refractivity contribution is 6.46. The van der Waals surface area contributed by atoms with E-state index in [9.17, 15) is 14.0 Å². The Kier molecular flexibility index (Phi) is 5.19. The van der Waals surface area contributed by atoms with Gasteiger partial charge in [-0.25, -0.2) is 9.29 Å². The zero-order valence-corrected chi connectivity index (χ0v) is 16.7. The first-order valence-electron chi connectivity index (χ1n) is 9.76. The number of nitrogens with zero attached hydrogens (tertiary/aromatic N) is 1. The molecule has 0 spiro atoms. The number of rotatable bonds is 5. The molecule has 3 aromatic carbocycles. The molecule has 1 aliphatic heterocycles. The Hall–Kier alpha value is -3.73. The van der Waals surface area contributed by atoms with E-state index in [1.54, 1.807) is 12.1 Å². The third-order valence-electron chi connectivity index (χ3n) is 5.08. The summed E-state index contributed by atoms with van der Waals surface area (Å²) >= 11 is 0. The van der Waals surface area contributed by atoms with Gasteiger partial charge in [0, 0.05) is 5.69 Å². The predicted octanol–water partition coefficient (Wildman–Crippen LogP) is 5.35. The minimum atomic E-state index is -0.444. The number of para-hydroxylation sites is 1. The van der Waals surface area contributed by atoms with Gasteiger partial charge in [0.15, 0.2) is 0 Å². The summed E-state index contributed by atoms with van der Waals surface area (Å²) in [5.41, 5.74) is 3.17. The lowest BCUT2D eigenvalue weighted by Gasteiger charge is -2.16. The first-order valence-corrected chi connectivity index (χ1v) is 9.76. The third kappa shape index (κ3) is 3.62. The van der Waals surface area contributed by atoms with Crippen LogP contribution in [0.2, 0.25) is 0 Å². The number of amides is 2. The number of carbonyl (C=O) groups excluding carboxylic acids is 2. The second-order valence-electron chi connectivity index (χ2n) is 7.44. The first kappa shape index (κ1) is 19.6. The maximum atomic E-state index is 13.4. The van der Waals surface area contributed by atoms with Crippen molar-refractivity contribution in [3.05, 3.63) is 102 Å². The molecule has 0 saturated heterocycles. The Morgan fingerprint density at radius 3 is 2.03 bits per heavy atom. The molecule has 150 valence electrons. The van der Waals surface area contributed by atoms with Crippen LogP contribution < -0.4 is 10.2 Å². The molecule has 0 unspecified atom stereocenters. The molecule has 5 heteroatoms. The Labute approximate surface area is 174 Å². The molecule has 0 bridgehead atoms. The third-order valence-corrected chi connectivity index (χ3v) is 5.08. The summed E-state index contributed by atoms with van der Waals surface area (Å²) < 4.78 is 13.4. The molecule has 1 heterocycles. The van der Waals surface area contributed by atoms with E-state index in [4.69, 9.17) is 0 Å². The van der Waals surface area contributed by atoms with Crippen molar-refractivity contribution in [2.75, 3.05) is 10.2 Å². The quantitative estimate of drug-likeness (QED) is 0.588. The molecule has 0 fully saturated rings. The summed E-state index contributed by atoms with van der Waals surface area (Å²) in [6.45, 7) is 4.16. The van der Waals surface area contributed by atoms with Crippen molar-refractivity contribution in [1.82, 2.24) is 0 Å². The van der Waals surface area contributed by atoms with Crippen molar-refractivity contribution in [3.8, 4) is 0 Å². The van der Waals surface area contributed by atoms with Crippen LogP contribution in [0.5, 0.6) is 0 Å². The fraction of sp³-hybridized carbons (Fsp3) is 0.120. The van der Waals surface area contributed by atoms with E-state index < -0.39 is 17.6 Å². The van der Waals surface area contributed by atoms with Crippen molar-refractivity contribution in [1.29, 1.82) is 0 Å². The van der Waals surface area contributed by atoms with Crippen LogP contribution >= 0.6 is 0 Å². The van der Waals surface area contributed by atoms with Crippen LogP contribution in [0.15, 0.2) is 84.6 Å². The molecule has 0 aromatic heterocycles. The first-order chi connectivity index (χ1) is 14.5. The predicted molar refractivity (Wildman–Crippen MR) is 116 cm³/mol. The topological polar surface area (TPSA) is 49.4 Å². The second kappa shape index (κ2) is 7.95. The molecule has 0 radical (unpaired) electrons. The Bertz CT molecular complexity index is 1120. The SMILES string of the molecule is CC(C)c1ccc(N2C(=O)C(Nc3ccccc3)=C(c3ccc(F)cc3)C2=O)cc1. The van der Waals surface area contributed by atoms with E-state index in [-0.39, 0.29) is 11.3 Å². The maximum absolute atomic E-state index is 13.4. The van der Waals surface area contributed by atoms with Gasteiger partial charge in [-0.1, -0.05) is 56.3 Å². The second-order valence-corrected chi connectivity index (χ2v) is 7.44. The van der Waals surface area contributed by atoms with Crippen molar-refractivity contribution in [2.45, 2.75) is 19.8 Å². The summed E-state index contributed by atoms with van der Waals surface area (Å²) in [5, 5.41) is 3.09. The van der Waals surface area contributed by atoms with Gasteiger partial charge in [0.05, 0.1) is 11.3 Å². The van der Waals surface area contributed by atoms with Crippen molar-refractivity contribution >= 4 is 28.8 Å². The van der Waals surface area contributed by atoms with E-state index in [0.717, 1.165) is 10.5 Å². The molecule has 3 aromatic rings. The molecule has 0 saturated carbocycles. The van der Waals surface area contributed by atoms with Gasteiger partial charge in [0.1, 0.15) is 11.5 Å². The number of anilines is 2. The molecular weight excluding hydrogens is 379 g/mol. The molecule has 1 N–H and O–H groups in total. The van der Waals surface area contributed by atoms with Gasteiger partial charge in [-0.15, -0.1) is 0 Å². The highest BCUT2D eigenvalue weighted by Gasteiger charge is 2.40. The van der Waals surface area contributed by atoms with Crippen molar-refractivity contribution < 1.29 is 14.0 Å². The Morgan fingerprint density at radius 2 is 1.43 bits per heavy atom. The zero-order chi connectivity index (χ0) is 21.3. The lowest BCUT2D eigenvalue weighted by atomic mass is 10.0. The van der Waals surface area contributed by atoms with Gasteiger partial charge in [-0.2, -0.15) is 0 Å². The van der Waals surface area contributed by atoms with Gasteiger partial charge in [-0.3, -0.25) is 9.59 Å². The van der Waals surface area contributed by atoms with Gasteiger partial charge in [-0.05, 0) is 53.4 Å². The minimum Gasteiger partial charge on any atom is -0.350 e. The van der Waals surface area contributed by atoms with Crippen LogP contribution in [0.25, 0.3) is 5.57 Å². The largest absolute Gasteiger partial charge is 0.350 e. The van der Waals surface area contributed by atoms with Crippen LogP contribution in [0.3, 0.4) is 0 Å². The lowest BCUT2D eigenvalue weighted by Crippen LogP contribution is -2.32. The maximum Gasteiger partial charge on any atom is 0.282 e. The fourth-order valence-electron chi connectivity index (χ4n) is 3.44. The molecule has 4 rings (SSSR count). The summed E-state index contributed by atoms with van der Waals surface area (Å²) in [6.07, 6.45) is 0. The standard InChI is InChI=1S/C25H21FN2O2/c1-16(2)17-10-14-21(15-11-17)28-24(29)22(18-8-12-19(26)13-9-18)23(25(28)30)27-20-6-4-3-5-7-20/h3-16,27H,1-2H3. The van der Waals surface area contributed by atoms with Crippen LogP contribution in [0, 0.1) is 5.82 Å². The van der Waals surface area contributed by atoms with Crippen LogP contribution in [-0.2, 0) is 9.59 Å².